The minimum Gasteiger partial charge on any atom is -0.394 e. The molecule has 17 heavy (non-hydrogen) atoms. The summed E-state index contributed by atoms with van der Waals surface area (Å²) >= 11 is 0. The number of anilines is 2. The molecule has 1 aromatic rings. The topological polar surface area (TPSA) is 56.3 Å². The van der Waals surface area contributed by atoms with Gasteiger partial charge in [-0.3, -0.25) is 0 Å². The van der Waals surface area contributed by atoms with E-state index in [-0.39, 0.29) is 0 Å². The number of hydrogen-bond donors (Lipinski definition) is 1. The number of nitrogens with two attached hydrogens (primary N) is 1. The first kappa shape index (κ1) is 10.9. The molecule has 2 bridgehead atoms. The minimum atomic E-state index is 0.383. The van der Waals surface area contributed by atoms with Gasteiger partial charge in [0.2, 0.25) is 0 Å². The van der Waals surface area contributed by atoms with Gasteiger partial charge in [0.25, 0.3) is 0 Å². The molecule has 2 saturated heterocycles. The van der Waals surface area contributed by atoms with Crippen molar-refractivity contribution in [3.8, 4) is 0 Å². The van der Waals surface area contributed by atoms with E-state index >= 15 is 0 Å². The van der Waals surface area contributed by atoms with Crippen LogP contribution in [0.25, 0.3) is 0 Å². The van der Waals surface area contributed by atoms with Crippen LogP contribution >= 0.6 is 0 Å². The van der Waals surface area contributed by atoms with Crippen LogP contribution in [0.15, 0.2) is 0 Å². The van der Waals surface area contributed by atoms with Crippen molar-refractivity contribution in [1.29, 1.82) is 0 Å². The van der Waals surface area contributed by atoms with Crippen molar-refractivity contribution in [3.05, 3.63) is 5.69 Å². The monoisotopic (exact) mass is 236 g/mol. The molecular formula is C12H20N4O. The Bertz CT molecular complexity index is 416. The summed E-state index contributed by atoms with van der Waals surface area (Å²) in [7, 11) is 0. The number of fused-ring (bicyclic) bond motifs is 2. The first-order valence-corrected chi connectivity index (χ1v) is 6.42. The molecule has 1 aromatic heterocycles. The number of aromatic nitrogens is 2. The molecule has 0 spiro atoms. The van der Waals surface area contributed by atoms with Crippen LogP contribution in [0, 0.1) is 6.92 Å². The second-order valence-electron chi connectivity index (χ2n) is 5.00. The van der Waals surface area contributed by atoms with E-state index in [1.807, 2.05) is 11.6 Å². The Labute approximate surface area is 102 Å². The number of rotatable bonds is 2. The molecule has 5 heteroatoms. The van der Waals surface area contributed by atoms with Crippen LogP contribution in [-0.2, 0) is 11.3 Å². The summed E-state index contributed by atoms with van der Waals surface area (Å²) in [5.74, 6) is 1.09. The summed E-state index contributed by atoms with van der Waals surface area (Å²) in [6.45, 7) is 6.84. The Morgan fingerprint density at radius 1 is 1.35 bits per heavy atom. The zero-order valence-electron chi connectivity index (χ0n) is 10.5. The summed E-state index contributed by atoms with van der Waals surface area (Å²) in [5.41, 5.74) is 7.91. The molecule has 2 aliphatic rings. The Morgan fingerprint density at radius 3 is 2.59 bits per heavy atom. The summed E-state index contributed by atoms with van der Waals surface area (Å²) in [4.78, 5) is 2.35. The van der Waals surface area contributed by atoms with Crippen LogP contribution in [0.3, 0.4) is 0 Å². The summed E-state index contributed by atoms with van der Waals surface area (Å²) in [5, 5.41) is 4.48. The fourth-order valence-electron chi connectivity index (χ4n) is 2.92. The van der Waals surface area contributed by atoms with E-state index in [4.69, 9.17) is 10.5 Å². The van der Waals surface area contributed by atoms with Gasteiger partial charge in [-0.1, -0.05) is 0 Å². The maximum atomic E-state index is 6.16. The quantitative estimate of drug-likeness (QED) is 0.837. The molecule has 0 aliphatic carbocycles. The lowest BCUT2D eigenvalue weighted by molar-refractivity contribution is 0.0300. The van der Waals surface area contributed by atoms with Gasteiger partial charge in [0.1, 0.15) is 0 Å². The predicted molar refractivity (Wildman–Crippen MR) is 67.2 cm³/mol. The van der Waals surface area contributed by atoms with Gasteiger partial charge in [-0.25, -0.2) is 4.68 Å². The summed E-state index contributed by atoms with van der Waals surface area (Å²) < 4.78 is 7.87. The number of nitrogen functional groups attached to an aromatic ring is 1. The van der Waals surface area contributed by atoms with Gasteiger partial charge in [0.15, 0.2) is 5.82 Å². The fourth-order valence-corrected chi connectivity index (χ4v) is 2.92. The third kappa shape index (κ3) is 1.69. The number of morpholine rings is 1. The zero-order valence-corrected chi connectivity index (χ0v) is 10.5. The second-order valence-corrected chi connectivity index (χ2v) is 5.00. The van der Waals surface area contributed by atoms with Gasteiger partial charge in [-0.2, -0.15) is 5.10 Å². The molecular weight excluding hydrogens is 216 g/mol. The van der Waals surface area contributed by atoms with Crippen LogP contribution in [0.2, 0.25) is 0 Å². The van der Waals surface area contributed by atoms with Crippen LogP contribution in [0.1, 0.15) is 25.5 Å². The van der Waals surface area contributed by atoms with Crippen molar-refractivity contribution in [2.24, 2.45) is 0 Å². The van der Waals surface area contributed by atoms with E-state index in [0.29, 0.717) is 12.2 Å². The Balaban J connectivity index is 1.93. The van der Waals surface area contributed by atoms with Gasteiger partial charge in [-0.15, -0.1) is 0 Å². The number of hydrogen-bond acceptors (Lipinski definition) is 4. The van der Waals surface area contributed by atoms with Gasteiger partial charge >= 0.3 is 0 Å². The normalized spacial score (nSPS) is 27.8. The molecule has 3 rings (SSSR count). The van der Waals surface area contributed by atoms with E-state index in [9.17, 15) is 0 Å². The summed E-state index contributed by atoms with van der Waals surface area (Å²) in [6, 6.07) is 0. The van der Waals surface area contributed by atoms with Crippen LogP contribution < -0.4 is 10.6 Å². The lowest BCUT2D eigenvalue weighted by atomic mass is 10.2. The highest BCUT2D eigenvalue weighted by molar-refractivity contribution is 5.66. The number of aryl methyl sites for hydroxylation is 2. The molecule has 2 fully saturated rings. The van der Waals surface area contributed by atoms with E-state index in [2.05, 4.69) is 16.9 Å². The van der Waals surface area contributed by atoms with Crippen molar-refractivity contribution in [3.63, 3.8) is 0 Å². The predicted octanol–water partition coefficient (Wildman–Crippen LogP) is 1.16. The highest BCUT2D eigenvalue weighted by Crippen LogP contribution is 2.33. The van der Waals surface area contributed by atoms with Crippen molar-refractivity contribution in [2.75, 3.05) is 23.7 Å². The molecule has 0 aromatic carbocycles. The largest absolute Gasteiger partial charge is 0.394 e. The number of nitrogens with zero attached hydrogens (tertiary/aromatic N) is 3. The van der Waals surface area contributed by atoms with Gasteiger partial charge in [-0.05, 0) is 26.7 Å². The first-order chi connectivity index (χ1) is 8.19. The van der Waals surface area contributed by atoms with Gasteiger partial charge in [0.05, 0.1) is 23.6 Å². The van der Waals surface area contributed by atoms with E-state index in [1.165, 1.54) is 12.8 Å². The molecule has 0 radical (unpaired) electrons. The molecule has 2 unspecified atom stereocenters. The molecule has 0 amide bonds. The summed E-state index contributed by atoms with van der Waals surface area (Å²) in [6.07, 6.45) is 3.13. The standard InChI is InChI=1S/C12H20N4O/c1-3-16-12(11(13)8(2)14-16)15-6-9-4-5-10(7-15)17-9/h9-10H,3-7,13H2,1-2H3. The molecule has 5 nitrogen and oxygen atoms in total. The lowest BCUT2D eigenvalue weighted by Gasteiger charge is -2.34. The highest BCUT2D eigenvalue weighted by Gasteiger charge is 2.35. The molecule has 2 aliphatic heterocycles. The van der Waals surface area contributed by atoms with E-state index < -0.39 is 0 Å². The average molecular weight is 236 g/mol. The highest BCUT2D eigenvalue weighted by atomic mass is 16.5. The van der Waals surface area contributed by atoms with Crippen molar-refractivity contribution >= 4 is 11.5 Å². The Kier molecular flexibility index (Phi) is 2.50. The third-order valence-electron chi connectivity index (χ3n) is 3.79. The maximum Gasteiger partial charge on any atom is 0.150 e. The fraction of sp³-hybridized carbons (Fsp3) is 0.750. The SMILES string of the molecule is CCn1nc(C)c(N)c1N1CC2CCC(C1)O2. The van der Waals surface area contributed by atoms with E-state index in [1.54, 1.807) is 0 Å². The maximum absolute atomic E-state index is 6.16. The molecule has 94 valence electrons. The van der Waals surface area contributed by atoms with Gasteiger partial charge < -0.3 is 15.4 Å². The van der Waals surface area contributed by atoms with Crippen molar-refractivity contribution < 1.29 is 4.74 Å². The molecule has 3 heterocycles. The van der Waals surface area contributed by atoms with Crippen LogP contribution in [0.4, 0.5) is 11.5 Å². The van der Waals surface area contributed by atoms with E-state index in [0.717, 1.165) is 36.8 Å². The number of ether oxygens (including phenoxy) is 1. The third-order valence-corrected chi connectivity index (χ3v) is 3.79. The van der Waals surface area contributed by atoms with Crippen LogP contribution in [-0.4, -0.2) is 35.1 Å². The van der Waals surface area contributed by atoms with Gasteiger partial charge in [0, 0.05) is 19.6 Å². The van der Waals surface area contributed by atoms with Crippen LogP contribution in [0.5, 0.6) is 0 Å². The average Bonchev–Trinajstić information content (AvgIpc) is 2.80. The smallest absolute Gasteiger partial charge is 0.150 e. The second kappa shape index (κ2) is 3.91. The lowest BCUT2D eigenvalue weighted by Crippen LogP contribution is -2.43. The Morgan fingerprint density at radius 2 is 2.00 bits per heavy atom. The zero-order chi connectivity index (χ0) is 12.0. The Hall–Kier alpha value is -1.23. The van der Waals surface area contributed by atoms with Crippen molar-refractivity contribution in [2.45, 2.75) is 45.4 Å². The molecule has 2 N–H and O–H groups in total. The molecule has 0 saturated carbocycles. The van der Waals surface area contributed by atoms with Crippen molar-refractivity contribution in [1.82, 2.24) is 9.78 Å². The minimum absolute atomic E-state index is 0.383. The first-order valence-electron chi connectivity index (χ1n) is 6.42. The molecule has 2 atom stereocenters.